The molecule has 1 N–H and O–H groups in total. The van der Waals surface area contributed by atoms with Crippen molar-refractivity contribution in [3.63, 3.8) is 0 Å². The fourth-order valence-electron chi connectivity index (χ4n) is 2.95. The molecule has 136 valence electrons. The summed E-state index contributed by atoms with van der Waals surface area (Å²) in [5.41, 5.74) is 1.86. The number of hydrogen-bond donors (Lipinski definition) is 1. The first-order chi connectivity index (χ1) is 12.4. The summed E-state index contributed by atoms with van der Waals surface area (Å²) in [5.74, 6) is 1.40. The Kier molecular flexibility index (Phi) is 5.16. The number of benzene rings is 2. The molecule has 26 heavy (non-hydrogen) atoms. The van der Waals surface area contributed by atoms with Gasteiger partial charge in [-0.3, -0.25) is 0 Å². The summed E-state index contributed by atoms with van der Waals surface area (Å²) in [6.07, 6.45) is 0.894. The van der Waals surface area contributed by atoms with E-state index in [1.807, 2.05) is 32.0 Å². The second kappa shape index (κ2) is 7.36. The van der Waals surface area contributed by atoms with E-state index >= 15 is 0 Å². The first-order valence-electron chi connectivity index (χ1n) is 8.38. The maximum absolute atomic E-state index is 12.6. The number of sulfonamides is 1. The van der Waals surface area contributed by atoms with Crippen LogP contribution in [0.4, 0.5) is 0 Å². The largest absolute Gasteiger partial charge is 0.494 e. The third kappa shape index (κ3) is 3.66. The van der Waals surface area contributed by atoms with E-state index in [9.17, 15) is 8.42 Å². The SMILES string of the molecule is CCOc1cc2c(cc1CNS(=O)(=O)c1ccccc1C#N)O[C@@H](C)C2. The Balaban J connectivity index is 1.87. The van der Waals surface area contributed by atoms with Crippen LogP contribution in [0.15, 0.2) is 41.3 Å². The second-order valence-corrected chi connectivity index (χ2v) is 7.80. The molecule has 0 spiro atoms. The number of hydrogen-bond acceptors (Lipinski definition) is 5. The van der Waals surface area contributed by atoms with Crippen LogP contribution in [0.25, 0.3) is 0 Å². The summed E-state index contributed by atoms with van der Waals surface area (Å²) in [5, 5.41) is 9.13. The maximum atomic E-state index is 12.6. The van der Waals surface area contributed by atoms with E-state index in [0.29, 0.717) is 17.9 Å². The smallest absolute Gasteiger partial charge is 0.242 e. The van der Waals surface area contributed by atoms with Crippen LogP contribution < -0.4 is 14.2 Å². The number of fused-ring (bicyclic) bond motifs is 1. The van der Waals surface area contributed by atoms with E-state index in [1.54, 1.807) is 12.1 Å². The van der Waals surface area contributed by atoms with Crippen molar-refractivity contribution >= 4 is 10.0 Å². The highest BCUT2D eigenvalue weighted by Crippen LogP contribution is 2.35. The highest BCUT2D eigenvalue weighted by molar-refractivity contribution is 7.89. The highest BCUT2D eigenvalue weighted by Gasteiger charge is 2.23. The van der Waals surface area contributed by atoms with E-state index in [-0.39, 0.29) is 23.1 Å². The fraction of sp³-hybridized carbons (Fsp3) is 0.316. The Bertz CT molecular complexity index is 964. The van der Waals surface area contributed by atoms with Gasteiger partial charge in [0, 0.05) is 24.1 Å². The topological polar surface area (TPSA) is 88.4 Å². The summed E-state index contributed by atoms with van der Waals surface area (Å²) in [4.78, 5) is -0.0357. The first kappa shape index (κ1) is 18.2. The molecule has 0 aliphatic carbocycles. The minimum absolute atomic E-state index is 0.0357. The lowest BCUT2D eigenvalue weighted by Gasteiger charge is -2.14. The normalized spacial score (nSPS) is 15.8. The van der Waals surface area contributed by atoms with Gasteiger partial charge in [0.05, 0.1) is 17.1 Å². The third-order valence-electron chi connectivity index (χ3n) is 4.13. The highest BCUT2D eigenvalue weighted by atomic mass is 32.2. The van der Waals surface area contributed by atoms with Crippen molar-refractivity contribution in [3.05, 3.63) is 53.1 Å². The van der Waals surface area contributed by atoms with E-state index in [0.717, 1.165) is 17.7 Å². The molecule has 7 heteroatoms. The van der Waals surface area contributed by atoms with Crippen molar-refractivity contribution in [1.29, 1.82) is 5.26 Å². The average molecular weight is 372 g/mol. The molecule has 3 rings (SSSR count). The van der Waals surface area contributed by atoms with Crippen LogP contribution in [0.5, 0.6) is 11.5 Å². The van der Waals surface area contributed by atoms with E-state index in [2.05, 4.69) is 4.72 Å². The van der Waals surface area contributed by atoms with Gasteiger partial charge in [-0.15, -0.1) is 0 Å². The van der Waals surface area contributed by atoms with Crippen LogP contribution >= 0.6 is 0 Å². The number of nitrogens with one attached hydrogen (secondary N) is 1. The molecule has 0 aromatic heterocycles. The lowest BCUT2D eigenvalue weighted by molar-refractivity contribution is 0.254. The third-order valence-corrected chi connectivity index (χ3v) is 5.59. The molecule has 0 unspecified atom stereocenters. The van der Waals surface area contributed by atoms with Gasteiger partial charge in [-0.05, 0) is 38.1 Å². The Hall–Kier alpha value is -2.56. The maximum Gasteiger partial charge on any atom is 0.242 e. The standard InChI is InChI=1S/C19H20N2O4S/c1-3-24-17-9-15-8-13(2)25-18(15)10-16(17)12-21-26(22,23)19-7-5-4-6-14(19)11-20/h4-7,9-10,13,21H,3,8,12H2,1-2H3/t13-/m0/s1. The minimum atomic E-state index is -3.83. The number of nitrogens with zero attached hydrogens (tertiary/aromatic N) is 1. The molecule has 0 saturated carbocycles. The molecule has 1 atom stereocenters. The van der Waals surface area contributed by atoms with Crippen molar-refractivity contribution in [2.75, 3.05) is 6.61 Å². The molecule has 2 aromatic carbocycles. The summed E-state index contributed by atoms with van der Waals surface area (Å²) in [6, 6.07) is 11.7. The average Bonchev–Trinajstić information content (AvgIpc) is 2.99. The van der Waals surface area contributed by atoms with Crippen molar-refractivity contribution in [2.24, 2.45) is 0 Å². The van der Waals surface area contributed by atoms with Gasteiger partial charge in [-0.25, -0.2) is 13.1 Å². The predicted molar refractivity (Wildman–Crippen MR) is 96.6 cm³/mol. The zero-order chi connectivity index (χ0) is 18.7. The molecule has 2 aromatic rings. The van der Waals surface area contributed by atoms with Gasteiger partial charge in [0.15, 0.2) is 0 Å². The zero-order valence-corrected chi connectivity index (χ0v) is 15.5. The van der Waals surface area contributed by atoms with Gasteiger partial charge < -0.3 is 9.47 Å². The summed E-state index contributed by atoms with van der Waals surface area (Å²) >= 11 is 0. The number of ether oxygens (including phenoxy) is 2. The molecule has 0 bridgehead atoms. The summed E-state index contributed by atoms with van der Waals surface area (Å²) in [6.45, 7) is 4.39. The van der Waals surface area contributed by atoms with E-state index in [1.165, 1.54) is 12.1 Å². The predicted octanol–water partition coefficient (Wildman–Crippen LogP) is 2.76. The number of rotatable bonds is 6. The lowest BCUT2D eigenvalue weighted by atomic mass is 10.1. The van der Waals surface area contributed by atoms with Gasteiger partial charge in [0.2, 0.25) is 10.0 Å². The monoisotopic (exact) mass is 372 g/mol. The Labute approximate surface area is 153 Å². The molecule has 1 aliphatic rings. The minimum Gasteiger partial charge on any atom is -0.494 e. The van der Waals surface area contributed by atoms with Crippen molar-refractivity contribution in [1.82, 2.24) is 4.72 Å². The molecule has 0 radical (unpaired) electrons. The van der Waals surface area contributed by atoms with Crippen molar-refractivity contribution < 1.29 is 17.9 Å². The second-order valence-electron chi connectivity index (χ2n) is 6.07. The van der Waals surface area contributed by atoms with E-state index < -0.39 is 10.0 Å². The quantitative estimate of drug-likeness (QED) is 0.842. The Morgan fingerprint density at radius 1 is 1.35 bits per heavy atom. The van der Waals surface area contributed by atoms with Gasteiger partial charge >= 0.3 is 0 Å². The van der Waals surface area contributed by atoms with Gasteiger partial charge in [-0.1, -0.05) is 12.1 Å². The van der Waals surface area contributed by atoms with Crippen molar-refractivity contribution in [3.8, 4) is 17.6 Å². The van der Waals surface area contributed by atoms with Crippen LogP contribution in [0.1, 0.15) is 30.5 Å². The molecular formula is C19H20N2O4S. The van der Waals surface area contributed by atoms with Crippen LogP contribution in [-0.2, 0) is 23.0 Å². The molecule has 6 nitrogen and oxygen atoms in total. The lowest BCUT2D eigenvalue weighted by Crippen LogP contribution is -2.24. The van der Waals surface area contributed by atoms with E-state index in [4.69, 9.17) is 14.7 Å². The van der Waals surface area contributed by atoms with Gasteiger partial charge in [-0.2, -0.15) is 5.26 Å². The van der Waals surface area contributed by atoms with Crippen LogP contribution in [0, 0.1) is 11.3 Å². The molecular weight excluding hydrogens is 352 g/mol. The molecule has 0 amide bonds. The summed E-state index contributed by atoms with van der Waals surface area (Å²) in [7, 11) is -3.83. The number of nitriles is 1. The van der Waals surface area contributed by atoms with Crippen LogP contribution in [0.2, 0.25) is 0 Å². The summed E-state index contributed by atoms with van der Waals surface area (Å²) < 4.78 is 39.2. The fourth-order valence-corrected chi connectivity index (χ4v) is 4.12. The van der Waals surface area contributed by atoms with Gasteiger partial charge in [0.25, 0.3) is 0 Å². The molecule has 0 saturated heterocycles. The Morgan fingerprint density at radius 3 is 2.85 bits per heavy atom. The van der Waals surface area contributed by atoms with Crippen LogP contribution in [-0.4, -0.2) is 21.1 Å². The molecule has 1 aliphatic heterocycles. The Morgan fingerprint density at radius 2 is 2.12 bits per heavy atom. The first-order valence-corrected chi connectivity index (χ1v) is 9.87. The van der Waals surface area contributed by atoms with Crippen molar-refractivity contribution in [2.45, 2.75) is 37.8 Å². The van der Waals surface area contributed by atoms with Crippen LogP contribution in [0.3, 0.4) is 0 Å². The molecule has 0 fully saturated rings. The van der Waals surface area contributed by atoms with Gasteiger partial charge in [0.1, 0.15) is 23.7 Å². The molecule has 1 heterocycles. The zero-order valence-electron chi connectivity index (χ0n) is 14.7.